The number of hydrogen-bond acceptors (Lipinski definition) is 6. The molecule has 21 heavy (non-hydrogen) atoms. The van der Waals surface area contributed by atoms with Crippen LogP contribution in [-0.4, -0.2) is 25.3 Å². The maximum absolute atomic E-state index is 5.79. The highest BCUT2D eigenvalue weighted by Crippen LogP contribution is 2.38. The number of aromatic nitrogens is 5. The van der Waals surface area contributed by atoms with E-state index in [1.165, 1.54) is 6.33 Å². The van der Waals surface area contributed by atoms with Gasteiger partial charge in [0.1, 0.15) is 12.1 Å². The van der Waals surface area contributed by atoms with Gasteiger partial charge in [-0.15, -0.1) is 0 Å². The molecule has 1 aliphatic rings. The molecule has 1 aromatic carbocycles. The van der Waals surface area contributed by atoms with Gasteiger partial charge in [0.25, 0.3) is 0 Å². The van der Waals surface area contributed by atoms with Gasteiger partial charge in [-0.3, -0.25) is 5.10 Å². The number of H-pyrrole nitrogens is 1. The lowest BCUT2D eigenvalue weighted by atomic mass is 10.2. The summed E-state index contributed by atoms with van der Waals surface area (Å²) in [4.78, 5) is 8.48. The molecule has 0 aliphatic heterocycles. The van der Waals surface area contributed by atoms with Gasteiger partial charge >= 0.3 is 0 Å². The predicted octanol–water partition coefficient (Wildman–Crippen LogP) is 2.31. The summed E-state index contributed by atoms with van der Waals surface area (Å²) < 4.78 is 11.0. The molecule has 1 N–H and O–H groups in total. The van der Waals surface area contributed by atoms with E-state index in [9.17, 15) is 0 Å². The predicted molar refractivity (Wildman–Crippen MR) is 72.4 cm³/mol. The summed E-state index contributed by atoms with van der Waals surface area (Å²) >= 11 is 0. The standard InChI is InChI=1S/C14H13N5O2/c1-2-4-11(10(3-1)13-15-8-16-18-13)20-7-12-17-14(21-19-12)9-5-6-9/h1-4,8-9H,5-7H2,(H,15,16,18). The van der Waals surface area contributed by atoms with Crippen molar-refractivity contribution < 1.29 is 9.26 Å². The van der Waals surface area contributed by atoms with Crippen LogP contribution < -0.4 is 4.74 Å². The van der Waals surface area contributed by atoms with Crippen LogP contribution in [0.5, 0.6) is 5.75 Å². The van der Waals surface area contributed by atoms with E-state index >= 15 is 0 Å². The minimum atomic E-state index is 0.265. The largest absolute Gasteiger partial charge is 0.485 e. The van der Waals surface area contributed by atoms with E-state index in [1.807, 2.05) is 24.3 Å². The Hall–Kier alpha value is -2.70. The Morgan fingerprint density at radius 2 is 2.19 bits per heavy atom. The van der Waals surface area contributed by atoms with E-state index in [-0.39, 0.29) is 6.61 Å². The summed E-state index contributed by atoms with van der Waals surface area (Å²) in [6, 6.07) is 7.62. The first-order valence-electron chi connectivity index (χ1n) is 6.80. The normalized spacial score (nSPS) is 14.3. The van der Waals surface area contributed by atoms with Crippen LogP contribution in [0.1, 0.15) is 30.5 Å². The van der Waals surface area contributed by atoms with Crippen molar-refractivity contribution in [3.05, 3.63) is 42.3 Å². The Morgan fingerprint density at radius 3 is 3.00 bits per heavy atom. The lowest BCUT2D eigenvalue weighted by molar-refractivity contribution is 0.286. The summed E-state index contributed by atoms with van der Waals surface area (Å²) in [6.07, 6.45) is 3.74. The van der Waals surface area contributed by atoms with Gasteiger partial charge < -0.3 is 9.26 Å². The molecular weight excluding hydrogens is 270 g/mol. The molecule has 106 valence electrons. The first-order chi connectivity index (χ1) is 10.4. The van der Waals surface area contributed by atoms with E-state index in [0.717, 1.165) is 24.3 Å². The molecule has 0 spiro atoms. The average Bonchev–Trinajstić information content (AvgIpc) is 3.04. The van der Waals surface area contributed by atoms with Crippen molar-refractivity contribution in [2.75, 3.05) is 0 Å². The van der Waals surface area contributed by atoms with Crippen LogP contribution in [0.15, 0.2) is 35.1 Å². The molecule has 1 fully saturated rings. The lowest BCUT2D eigenvalue weighted by Gasteiger charge is -2.07. The smallest absolute Gasteiger partial charge is 0.229 e. The fraction of sp³-hybridized carbons (Fsp3) is 0.286. The van der Waals surface area contributed by atoms with Crippen LogP contribution in [0, 0.1) is 0 Å². The molecule has 0 radical (unpaired) electrons. The number of rotatable bonds is 5. The number of benzene rings is 1. The van der Waals surface area contributed by atoms with Crippen molar-refractivity contribution in [2.24, 2.45) is 0 Å². The Labute approximate surface area is 120 Å². The van der Waals surface area contributed by atoms with Gasteiger partial charge in [-0.25, -0.2) is 4.98 Å². The molecule has 7 nitrogen and oxygen atoms in total. The van der Waals surface area contributed by atoms with Gasteiger partial charge in [-0.2, -0.15) is 10.1 Å². The zero-order chi connectivity index (χ0) is 14.1. The molecule has 1 aliphatic carbocycles. The first kappa shape index (κ1) is 12.1. The summed E-state index contributed by atoms with van der Waals surface area (Å²) in [7, 11) is 0. The molecule has 0 amide bonds. The fourth-order valence-corrected chi connectivity index (χ4v) is 2.09. The molecule has 0 unspecified atom stereocenters. The molecule has 0 atom stereocenters. The van der Waals surface area contributed by atoms with E-state index in [1.54, 1.807) is 0 Å². The van der Waals surface area contributed by atoms with E-state index < -0.39 is 0 Å². The van der Waals surface area contributed by atoms with Gasteiger partial charge in [0.15, 0.2) is 12.4 Å². The Kier molecular flexibility index (Phi) is 2.88. The highest BCUT2D eigenvalue weighted by molar-refractivity contribution is 5.63. The molecule has 1 saturated carbocycles. The SMILES string of the molecule is c1ccc(-c2ncn[nH]2)c(OCc2noc(C3CC3)n2)c1. The number of aromatic amines is 1. The summed E-state index contributed by atoms with van der Waals surface area (Å²) in [6.45, 7) is 0.265. The van der Waals surface area contributed by atoms with Crippen LogP contribution in [0.3, 0.4) is 0 Å². The van der Waals surface area contributed by atoms with Crippen LogP contribution in [0.25, 0.3) is 11.4 Å². The molecule has 2 aromatic heterocycles. The van der Waals surface area contributed by atoms with Gasteiger partial charge in [0, 0.05) is 5.92 Å². The molecule has 3 aromatic rings. The second kappa shape index (κ2) is 5.01. The van der Waals surface area contributed by atoms with Crippen molar-refractivity contribution in [3.8, 4) is 17.1 Å². The van der Waals surface area contributed by atoms with Gasteiger partial charge in [0.05, 0.1) is 5.56 Å². The fourth-order valence-electron chi connectivity index (χ4n) is 2.09. The maximum Gasteiger partial charge on any atom is 0.229 e. The third kappa shape index (κ3) is 2.49. The van der Waals surface area contributed by atoms with Gasteiger partial charge in [0.2, 0.25) is 11.7 Å². The number of nitrogens with one attached hydrogen (secondary N) is 1. The minimum Gasteiger partial charge on any atom is -0.485 e. The zero-order valence-electron chi connectivity index (χ0n) is 11.2. The molecular formula is C14H13N5O2. The lowest BCUT2D eigenvalue weighted by Crippen LogP contribution is -1.99. The number of ether oxygens (including phenoxy) is 1. The second-order valence-corrected chi connectivity index (χ2v) is 4.94. The summed E-state index contributed by atoms with van der Waals surface area (Å²) in [5.74, 6) is 3.10. The van der Waals surface area contributed by atoms with Crippen LogP contribution in [0.2, 0.25) is 0 Å². The first-order valence-corrected chi connectivity index (χ1v) is 6.80. The number of hydrogen-bond donors (Lipinski definition) is 1. The molecule has 7 heteroatoms. The minimum absolute atomic E-state index is 0.265. The van der Waals surface area contributed by atoms with Crippen molar-refractivity contribution in [3.63, 3.8) is 0 Å². The van der Waals surface area contributed by atoms with Crippen molar-refractivity contribution in [1.29, 1.82) is 0 Å². The molecule has 0 saturated heterocycles. The van der Waals surface area contributed by atoms with Gasteiger partial charge in [-0.05, 0) is 25.0 Å². The van der Waals surface area contributed by atoms with Gasteiger partial charge in [-0.1, -0.05) is 17.3 Å². The number of para-hydroxylation sites is 1. The molecule has 2 heterocycles. The molecule has 0 bridgehead atoms. The van der Waals surface area contributed by atoms with E-state index in [4.69, 9.17) is 9.26 Å². The maximum atomic E-state index is 5.79. The third-order valence-corrected chi connectivity index (χ3v) is 3.32. The van der Waals surface area contributed by atoms with Crippen molar-refractivity contribution in [1.82, 2.24) is 25.3 Å². The summed E-state index contributed by atoms with van der Waals surface area (Å²) in [5, 5.41) is 10.6. The average molecular weight is 283 g/mol. The monoisotopic (exact) mass is 283 g/mol. The van der Waals surface area contributed by atoms with Crippen LogP contribution in [0.4, 0.5) is 0 Å². The Morgan fingerprint density at radius 1 is 1.29 bits per heavy atom. The molecule has 4 rings (SSSR count). The van der Waals surface area contributed by atoms with Crippen LogP contribution in [-0.2, 0) is 6.61 Å². The summed E-state index contributed by atoms with van der Waals surface area (Å²) in [5.41, 5.74) is 0.848. The Balaban J connectivity index is 1.51. The van der Waals surface area contributed by atoms with E-state index in [0.29, 0.717) is 23.3 Å². The zero-order valence-corrected chi connectivity index (χ0v) is 11.2. The Bertz CT molecular complexity index is 733. The topological polar surface area (TPSA) is 89.7 Å². The third-order valence-electron chi connectivity index (χ3n) is 3.32. The van der Waals surface area contributed by atoms with Crippen molar-refractivity contribution in [2.45, 2.75) is 25.4 Å². The van der Waals surface area contributed by atoms with Crippen molar-refractivity contribution >= 4 is 0 Å². The quantitative estimate of drug-likeness (QED) is 0.772. The van der Waals surface area contributed by atoms with Crippen LogP contribution >= 0.6 is 0 Å². The van der Waals surface area contributed by atoms with E-state index in [2.05, 4.69) is 25.3 Å². The highest BCUT2D eigenvalue weighted by Gasteiger charge is 2.29. The second-order valence-electron chi connectivity index (χ2n) is 4.94. The highest BCUT2D eigenvalue weighted by atomic mass is 16.5. The number of nitrogens with zero attached hydrogens (tertiary/aromatic N) is 4.